The van der Waals surface area contributed by atoms with Crippen molar-refractivity contribution in [2.75, 3.05) is 16.8 Å². The van der Waals surface area contributed by atoms with Gasteiger partial charge in [0.1, 0.15) is 18.2 Å². The molecule has 4 rings (SSSR count). The molecule has 3 amide bonds. The molecule has 0 unspecified atom stereocenters. The van der Waals surface area contributed by atoms with Gasteiger partial charge in [-0.05, 0) is 36.2 Å². The zero-order valence-corrected chi connectivity index (χ0v) is 15.9. The van der Waals surface area contributed by atoms with Crippen molar-refractivity contribution in [1.82, 2.24) is 5.01 Å². The summed E-state index contributed by atoms with van der Waals surface area (Å²) in [6, 6.07) is 7.54. The molecule has 10 heteroatoms. The first kappa shape index (κ1) is 19.6. The number of benzene rings is 2. The molecule has 1 saturated heterocycles. The highest BCUT2D eigenvalue weighted by atomic mass is 19.1. The third-order valence-electron chi connectivity index (χ3n) is 4.97. The number of amides is 3. The van der Waals surface area contributed by atoms with E-state index in [4.69, 9.17) is 0 Å². The first-order chi connectivity index (χ1) is 14.4. The number of fused-ring (bicyclic) bond motifs is 1. The molecule has 0 bridgehead atoms. The van der Waals surface area contributed by atoms with Crippen molar-refractivity contribution in [2.24, 2.45) is 10.3 Å². The van der Waals surface area contributed by atoms with Crippen molar-refractivity contribution < 1.29 is 23.2 Å². The fraction of sp³-hybridized carbons (Fsp3) is 0.250. The van der Waals surface area contributed by atoms with Crippen molar-refractivity contribution in [3.8, 4) is 0 Å². The third-order valence-corrected chi connectivity index (χ3v) is 4.97. The number of aryl methyl sites for hydroxylation is 1. The summed E-state index contributed by atoms with van der Waals surface area (Å²) in [5.41, 5.74) is 1.14. The maximum atomic E-state index is 13.7. The lowest BCUT2D eigenvalue weighted by molar-refractivity contribution is -0.123. The van der Waals surface area contributed by atoms with Crippen LogP contribution in [0.15, 0.2) is 52.8 Å². The third kappa shape index (κ3) is 3.40. The van der Waals surface area contributed by atoms with Gasteiger partial charge in [0.2, 0.25) is 5.91 Å². The Kier molecular flexibility index (Phi) is 4.98. The van der Waals surface area contributed by atoms with Crippen LogP contribution in [-0.4, -0.2) is 41.4 Å². The highest BCUT2D eigenvalue weighted by molar-refractivity contribution is 6.25. The van der Waals surface area contributed by atoms with E-state index in [1.54, 1.807) is 12.1 Å². The number of rotatable bonds is 5. The second-order valence-corrected chi connectivity index (χ2v) is 6.90. The number of carbonyl (C=O) groups is 3. The zero-order chi connectivity index (χ0) is 21.4. The molecule has 2 aliphatic rings. The smallest absolute Gasteiger partial charge is 0.263 e. The molecule has 0 aliphatic carbocycles. The predicted octanol–water partition coefficient (Wildman–Crippen LogP) is 2.46. The summed E-state index contributed by atoms with van der Waals surface area (Å²) in [5, 5.41) is 10.9. The van der Waals surface area contributed by atoms with Gasteiger partial charge in [0.25, 0.3) is 11.8 Å². The Morgan fingerprint density at radius 1 is 1.10 bits per heavy atom. The Bertz CT molecular complexity index is 1060. The Hall–Kier alpha value is -3.69. The van der Waals surface area contributed by atoms with Gasteiger partial charge in [0.15, 0.2) is 12.1 Å². The van der Waals surface area contributed by atoms with Crippen LogP contribution in [0.25, 0.3) is 0 Å². The van der Waals surface area contributed by atoms with Crippen molar-refractivity contribution in [3.05, 3.63) is 59.7 Å². The van der Waals surface area contributed by atoms with E-state index in [0.29, 0.717) is 5.69 Å². The van der Waals surface area contributed by atoms with Crippen LogP contribution in [0.2, 0.25) is 0 Å². The maximum Gasteiger partial charge on any atom is 0.263 e. The second-order valence-electron chi connectivity index (χ2n) is 6.90. The van der Waals surface area contributed by atoms with Gasteiger partial charge in [0.05, 0.1) is 11.4 Å². The molecule has 2 aromatic carbocycles. The highest BCUT2D eigenvalue weighted by Crippen LogP contribution is 2.32. The lowest BCUT2D eigenvalue weighted by Gasteiger charge is -2.20. The number of carbonyl (C=O) groups excluding carboxylic acids is 3. The van der Waals surface area contributed by atoms with Gasteiger partial charge in [-0.2, -0.15) is 5.11 Å². The van der Waals surface area contributed by atoms with Crippen LogP contribution in [0.1, 0.15) is 12.5 Å². The van der Waals surface area contributed by atoms with Crippen LogP contribution in [0.3, 0.4) is 0 Å². The molecule has 1 N–H and O–H groups in total. The van der Waals surface area contributed by atoms with Gasteiger partial charge < -0.3 is 5.32 Å². The van der Waals surface area contributed by atoms with Crippen molar-refractivity contribution in [3.63, 3.8) is 0 Å². The number of anilines is 2. The minimum Gasteiger partial charge on any atom is -0.322 e. The summed E-state index contributed by atoms with van der Waals surface area (Å²) in [4.78, 5) is 38.9. The summed E-state index contributed by atoms with van der Waals surface area (Å²) >= 11 is 0. The fourth-order valence-corrected chi connectivity index (χ4v) is 3.42. The van der Waals surface area contributed by atoms with Crippen LogP contribution in [0.4, 0.5) is 20.2 Å². The monoisotopic (exact) mass is 413 g/mol. The van der Waals surface area contributed by atoms with E-state index < -0.39 is 48.0 Å². The fourth-order valence-electron chi connectivity index (χ4n) is 3.42. The van der Waals surface area contributed by atoms with Gasteiger partial charge in [0, 0.05) is 6.07 Å². The standard InChI is InChI=1S/C20H17F2N5O3/c1-2-11-3-6-13(7-4-11)27-19(29)17-18(20(27)30)26(25-24-17)10-16(28)23-15-9-12(21)5-8-14(15)22/h3-9,17-18H,2,10H2,1H3,(H,23,28)/t17-,18-/m0/s1. The molecule has 2 atom stereocenters. The average Bonchev–Trinajstić information content (AvgIpc) is 3.24. The van der Waals surface area contributed by atoms with Gasteiger partial charge in [-0.3, -0.25) is 19.4 Å². The van der Waals surface area contributed by atoms with Gasteiger partial charge >= 0.3 is 0 Å². The van der Waals surface area contributed by atoms with Crippen LogP contribution in [-0.2, 0) is 20.8 Å². The molecular weight excluding hydrogens is 396 g/mol. The summed E-state index contributed by atoms with van der Waals surface area (Å²) in [6.07, 6.45) is 0.816. The quantitative estimate of drug-likeness (QED) is 0.762. The molecule has 8 nitrogen and oxygen atoms in total. The predicted molar refractivity (Wildman–Crippen MR) is 102 cm³/mol. The van der Waals surface area contributed by atoms with E-state index in [0.717, 1.165) is 40.1 Å². The normalized spacial score (nSPS) is 20.1. The molecule has 2 aliphatic heterocycles. The molecule has 0 saturated carbocycles. The molecule has 0 aromatic heterocycles. The number of hydrogen-bond donors (Lipinski definition) is 1. The molecule has 2 aromatic rings. The van der Waals surface area contributed by atoms with E-state index in [1.165, 1.54) is 0 Å². The number of nitrogens with zero attached hydrogens (tertiary/aromatic N) is 4. The van der Waals surface area contributed by atoms with Gasteiger partial charge in [-0.25, -0.2) is 13.7 Å². The maximum absolute atomic E-state index is 13.7. The molecular formula is C20H17F2N5O3. The van der Waals surface area contributed by atoms with E-state index in [1.807, 2.05) is 19.1 Å². The lowest BCUT2D eigenvalue weighted by Crippen LogP contribution is -2.43. The topological polar surface area (TPSA) is 94.4 Å². The van der Waals surface area contributed by atoms with E-state index in [2.05, 4.69) is 15.7 Å². The molecule has 0 radical (unpaired) electrons. The zero-order valence-electron chi connectivity index (χ0n) is 15.9. The second kappa shape index (κ2) is 7.62. The largest absolute Gasteiger partial charge is 0.322 e. The molecule has 154 valence electrons. The SMILES string of the molecule is CCc1ccc(N2C(=O)[C@H]3N=NN(CC(=O)Nc4cc(F)ccc4F)[C@@H]3C2=O)cc1. The van der Waals surface area contributed by atoms with E-state index >= 15 is 0 Å². The molecule has 30 heavy (non-hydrogen) atoms. The van der Waals surface area contributed by atoms with Crippen molar-refractivity contribution in [2.45, 2.75) is 25.4 Å². The average molecular weight is 413 g/mol. The minimum atomic E-state index is -1.06. The Morgan fingerprint density at radius 3 is 2.53 bits per heavy atom. The Labute approximate surface area is 170 Å². The summed E-state index contributed by atoms with van der Waals surface area (Å²) in [6.45, 7) is 1.53. The molecule has 2 heterocycles. The number of hydrogen-bond acceptors (Lipinski definition) is 6. The van der Waals surface area contributed by atoms with Crippen LogP contribution in [0, 0.1) is 11.6 Å². The number of nitrogens with one attached hydrogen (secondary N) is 1. The van der Waals surface area contributed by atoms with Crippen LogP contribution >= 0.6 is 0 Å². The highest BCUT2D eigenvalue weighted by Gasteiger charge is 2.55. The Morgan fingerprint density at radius 2 is 1.83 bits per heavy atom. The number of imide groups is 1. The summed E-state index contributed by atoms with van der Waals surface area (Å²) in [7, 11) is 0. The van der Waals surface area contributed by atoms with Crippen molar-refractivity contribution in [1.29, 1.82) is 0 Å². The summed E-state index contributed by atoms with van der Waals surface area (Å²) in [5.74, 6) is -3.33. The summed E-state index contributed by atoms with van der Waals surface area (Å²) < 4.78 is 27.0. The van der Waals surface area contributed by atoms with Gasteiger partial charge in [-0.15, -0.1) is 0 Å². The van der Waals surface area contributed by atoms with Crippen molar-refractivity contribution >= 4 is 29.1 Å². The van der Waals surface area contributed by atoms with E-state index in [9.17, 15) is 23.2 Å². The first-order valence-electron chi connectivity index (χ1n) is 9.28. The minimum absolute atomic E-state index is 0.334. The Balaban J connectivity index is 1.49. The van der Waals surface area contributed by atoms with Crippen LogP contribution < -0.4 is 10.2 Å². The first-order valence-corrected chi connectivity index (χ1v) is 9.28. The van der Waals surface area contributed by atoms with E-state index in [-0.39, 0.29) is 5.69 Å². The number of halogens is 2. The molecule has 0 spiro atoms. The van der Waals surface area contributed by atoms with Crippen LogP contribution in [0.5, 0.6) is 0 Å². The lowest BCUT2D eigenvalue weighted by atomic mass is 10.1. The molecule has 1 fully saturated rings. The van der Waals surface area contributed by atoms with Gasteiger partial charge in [-0.1, -0.05) is 24.3 Å².